The molecule has 3 rings (SSSR count). The summed E-state index contributed by atoms with van der Waals surface area (Å²) < 4.78 is 0. The Morgan fingerprint density at radius 1 is 1.42 bits per heavy atom. The Morgan fingerprint density at radius 2 is 2.32 bits per heavy atom. The Bertz CT molecular complexity index is 517. The normalized spacial score (nSPS) is 17.1. The van der Waals surface area contributed by atoms with Crippen molar-refractivity contribution in [1.29, 1.82) is 0 Å². The summed E-state index contributed by atoms with van der Waals surface area (Å²) in [6.07, 6.45) is 4.09. The number of aromatic nitrogens is 1. The fourth-order valence-corrected chi connectivity index (χ4v) is 3.28. The molecule has 1 aliphatic carbocycles. The molecule has 100 valence electrons. The second kappa shape index (κ2) is 5.85. The Labute approximate surface area is 118 Å². The highest BCUT2D eigenvalue weighted by molar-refractivity contribution is 7.07. The zero-order chi connectivity index (χ0) is 13.1. The third kappa shape index (κ3) is 2.72. The smallest absolute Gasteiger partial charge is 0.0795 e. The van der Waals surface area contributed by atoms with Crippen LogP contribution in [0.25, 0.3) is 0 Å². The Balaban J connectivity index is 1.89. The van der Waals surface area contributed by atoms with E-state index in [1.54, 1.807) is 11.3 Å². The second-order valence-electron chi connectivity index (χ2n) is 5.20. The molecule has 0 saturated heterocycles. The lowest BCUT2D eigenvalue weighted by Gasteiger charge is -2.27. The minimum atomic E-state index is 0.233. The van der Waals surface area contributed by atoms with E-state index in [9.17, 15) is 0 Å². The van der Waals surface area contributed by atoms with Gasteiger partial charge in [0.05, 0.1) is 17.2 Å². The van der Waals surface area contributed by atoms with Crippen LogP contribution in [-0.2, 0) is 0 Å². The minimum Gasteiger partial charge on any atom is -0.305 e. The summed E-state index contributed by atoms with van der Waals surface area (Å²) in [5.41, 5.74) is 5.90. The molecular formula is C16H20N2S. The van der Waals surface area contributed by atoms with E-state index >= 15 is 0 Å². The van der Waals surface area contributed by atoms with E-state index in [-0.39, 0.29) is 6.04 Å². The Hall–Kier alpha value is -1.19. The van der Waals surface area contributed by atoms with Crippen LogP contribution in [0, 0.1) is 0 Å². The first-order valence-electron chi connectivity index (χ1n) is 7.10. The monoisotopic (exact) mass is 272 g/mol. The quantitative estimate of drug-likeness (QED) is 0.886. The molecule has 1 saturated carbocycles. The van der Waals surface area contributed by atoms with Gasteiger partial charge in [-0.1, -0.05) is 37.6 Å². The maximum atomic E-state index is 4.48. The minimum absolute atomic E-state index is 0.233. The molecule has 0 spiro atoms. The molecule has 1 N–H and O–H groups in total. The predicted octanol–water partition coefficient (Wildman–Crippen LogP) is 4.11. The predicted molar refractivity (Wildman–Crippen MR) is 80.7 cm³/mol. The van der Waals surface area contributed by atoms with Crippen LogP contribution in [-0.4, -0.2) is 11.5 Å². The third-order valence-corrected chi connectivity index (χ3v) is 4.58. The molecule has 1 aliphatic rings. The standard InChI is InChI=1S/C16H20N2S/c1-2-17-16(15-10-19-11-18-15)14-8-4-7-13(9-14)12-5-3-6-12/h4,7-12,16-17H,2-3,5-6H2,1H3. The second-order valence-corrected chi connectivity index (χ2v) is 5.92. The number of rotatable bonds is 5. The lowest BCUT2D eigenvalue weighted by Crippen LogP contribution is -2.22. The zero-order valence-electron chi connectivity index (χ0n) is 11.3. The Kier molecular flexibility index (Phi) is 3.95. The van der Waals surface area contributed by atoms with Crippen LogP contribution in [0.4, 0.5) is 0 Å². The van der Waals surface area contributed by atoms with Crippen molar-refractivity contribution >= 4 is 11.3 Å². The summed E-state index contributed by atoms with van der Waals surface area (Å²) in [6.45, 7) is 3.10. The summed E-state index contributed by atoms with van der Waals surface area (Å²) in [6, 6.07) is 9.29. The molecule has 3 heteroatoms. The van der Waals surface area contributed by atoms with Crippen LogP contribution in [0.2, 0.25) is 0 Å². The van der Waals surface area contributed by atoms with Gasteiger partial charge in [-0.3, -0.25) is 0 Å². The molecule has 0 radical (unpaired) electrons. The first-order valence-corrected chi connectivity index (χ1v) is 8.04. The van der Waals surface area contributed by atoms with E-state index < -0.39 is 0 Å². The van der Waals surface area contributed by atoms with Crippen molar-refractivity contribution in [3.05, 3.63) is 52.0 Å². The van der Waals surface area contributed by atoms with E-state index in [0.29, 0.717) is 0 Å². The van der Waals surface area contributed by atoms with E-state index in [2.05, 4.69) is 46.9 Å². The van der Waals surface area contributed by atoms with Gasteiger partial charge in [0.2, 0.25) is 0 Å². The van der Waals surface area contributed by atoms with E-state index in [0.717, 1.165) is 18.2 Å². The molecule has 1 unspecified atom stereocenters. The molecule has 0 bridgehead atoms. The van der Waals surface area contributed by atoms with Crippen LogP contribution in [0.1, 0.15) is 55.0 Å². The summed E-state index contributed by atoms with van der Waals surface area (Å²) in [5.74, 6) is 0.790. The van der Waals surface area contributed by atoms with Crippen molar-refractivity contribution in [1.82, 2.24) is 10.3 Å². The fraction of sp³-hybridized carbons (Fsp3) is 0.438. The van der Waals surface area contributed by atoms with Crippen LogP contribution in [0.5, 0.6) is 0 Å². The molecule has 2 aromatic rings. The van der Waals surface area contributed by atoms with Crippen molar-refractivity contribution in [3.8, 4) is 0 Å². The SMILES string of the molecule is CCNC(c1cccc(C2CCC2)c1)c1cscn1. The van der Waals surface area contributed by atoms with Gasteiger partial charge < -0.3 is 5.32 Å². The molecule has 2 nitrogen and oxygen atoms in total. The highest BCUT2D eigenvalue weighted by atomic mass is 32.1. The molecule has 19 heavy (non-hydrogen) atoms. The van der Waals surface area contributed by atoms with Crippen molar-refractivity contribution < 1.29 is 0 Å². The average molecular weight is 272 g/mol. The number of thiazole rings is 1. The van der Waals surface area contributed by atoms with Gasteiger partial charge in [0.15, 0.2) is 0 Å². The van der Waals surface area contributed by atoms with Crippen LogP contribution < -0.4 is 5.32 Å². The van der Waals surface area contributed by atoms with Crippen molar-refractivity contribution in [2.24, 2.45) is 0 Å². The lowest BCUT2D eigenvalue weighted by molar-refractivity contribution is 0.419. The van der Waals surface area contributed by atoms with Gasteiger partial charge >= 0.3 is 0 Å². The summed E-state index contributed by atoms with van der Waals surface area (Å²) in [5, 5.41) is 5.69. The van der Waals surface area contributed by atoms with E-state index in [1.807, 2.05) is 5.51 Å². The first-order chi connectivity index (χ1) is 9.38. The zero-order valence-corrected chi connectivity index (χ0v) is 12.1. The van der Waals surface area contributed by atoms with Crippen molar-refractivity contribution in [3.63, 3.8) is 0 Å². The lowest BCUT2D eigenvalue weighted by atomic mass is 9.79. The van der Waals surface area contributed by atoms with Gasteiger partial charge in [-0.2, -0.15) is 0 Å². The third-order valence-electron chi connectivity index (χ3n) is 3.98. The average Bonchev–Trinajstić information content (AvgIpc) is 2.88. The molecular weight excluding hydrogens is 252 g/mol. The summed E-state index contributed by atoms with van der Waals surface area (Å²) in [4.78, 5) is 4.48. The molecule has 0 amide bonds. The van der Waals surface area contributed by atoms with E-state index in [1.165, 1.54) is 30.4 Å². The van der Waals surface area contributed by atoms with Crippen LogP contribution >= 0.6 is 11.3 Å². The maximum Gasteiger partial charge on any atom is 0.0795 e. The largest absolute Gasteiger partial charge is 0.305 e. The number of hydrogen-bond donors (Lipinski definition) is 1. The topological polar surface area (TPSA) is 24.9 Å². The molecule has 1 aromatic carbocycles. The number of hydrogen-bond acceptors (Lipinski definition) is 3. The fourth-order valence-electron chi connectivity index (χ4n) is 2.70. The first kappa shape index (κ1) is 12.8. The highest BCUT2D eigenvalue weighted by Gasteiger charge is 2.21. The van der Waals surface area contributed by atoms with Crippen molar-refractivity contribution in [2.45, 2.75) is 38.1 Å². The van der Waals surface area contributed by atoms with Gasteiger partial charge in [-0.25, -0.2) is 4.98 Å². The molecule has 1 fully saturated rings. The maximum absolute atomic E-state index is 4.48. The van der Waals surface area contributed by atoms with Gasteiger partial charge in [0.25, 0.3) is 0 Å². The summed E-state index contributed by atoms with van der Waals surface area (Å²) >= 11 is 1.66. The number of benzene rings is 1. The molecule has 1 heterocycles. The number of nitrogens with zero attached hydrogens (tertiary/aromatic N) is 1. The highest BCUT2D eigenvalue weighted by Crippen LogP contribution is 2.37. The van der Waals surface area contributed by atoms with Crippen LogP contribution in [0.3, 0.4) is 0 Å². The van der Waals surface area contributed by atoms with Gasteiger partial charge in [-0.05, 0) is 36.4 Å². The molecule has 1 aromatic heterocycles. The summed E-state index contributed by atoms with van der Waals surface area (Å²) in [7, 11) is 0. The molecule has 0 aliphatic heterocycles. The Morgan fingerprint density at radius 3 is 2.95 bits per heavy atom. The van der Waals surface area contributed by atoms with Crippen LogP contribution in [0.15, 0.2) is 35.2 Å². The molecule has 1 atom stereocenters. The van der Waals surface area contributed by atoms with E-state index in [4.69, 9.17) is 0 Å². The van der Waals surface area contributed by atoms with Gasteiger partial charge in [-0.15, -0.1) is 11.3 Å². The van der Waals surface area contributed by atoms with Gasteiger partial charge in [0, 0.05) is 5.38 Å². The van der Waals surface area contributed by atoms with Gasteiger partial charge in [0.1, 0.15) is 0 Å². The number of nitrogens with one attached hydrogen (secondary N) is 1. The van der Waals surface area contributed by atoms with Crippen molar-refractivity contribution in [2.75, 3.05) is 6.54 Å².